The molecule has 0 aromatic heterocycles. The summed E-state index contributed by atoms with van der Waals surface area (Å²) < 4.78 is 0. The number of benzene rings is 1. The van der Waals surface area contributed by atoms with Crippen LogP contribution in [-0.4, -0.2) is 5.78 Å². The van der Waals surface area contributed by atoms with Crippen LogP contribution in [0.15, 0.2) is 42.0 Å². The minimum Gasteiger partial charge on any atom is -0.290 e. The van der Waals surface area contributed by atoms with Gasteiger partial charge in [0.25, 0.3) is 0 Å². The first kappa shape index (κ1) is 8.42. The van der Waals surface area contributed by atoms with E-state index < -0.39 is 0 Å². The average Bonchev–Trinajstić information content (AvgIpc) is 2.56. The van der Waals surface area contributed by atoms with E-state index in [1.165, 1.54) is 21.6 Å². The average molecular weight is 194 g/mol. The third-order valence-electron chi connectivity index (χ3n) is 2.91. The molecule has 15 heavy (non-hydrogen) atoms. The quantitative estimate of drug-likeness (QED) is 0.602. The van der Waals surface area contributed by atoms with Crippen LogP contribution in [0.4, 0.5) is 0 Å². The highest BCUT2D eigenvalue weighted by Crippen LogP contribution is 2.20. The van der Waals surface area contributed by atoms with Crippen molar-refractivity contribution in [3.8, 4) is 0 Å². The predicted molar refractivity (Wildman–Crippen MR) is 60.5 cm³/mol. The van der Waals surface area contributed by atoms with E-state index in [0.29, 0.717) is 0 Å². The molecule has 1 aromatic carbocycles. The van der Waals surface area contributed by atoms with Gasteiger partial charge >= 0.3 is 0 Å². The summed E-state index contributed by atoms with van der Waals surface area (Å²) in [4.78, 5) is 11.2. The number of ketones is 1. The molecule has 72 valence electrons. The largest absolute Gasteiger partial charge is 0.290 e. The van der Waals surface area contributed by atoms with Gasteiger partial charge in [-0.25, -0.2) is 0 Å². The lowest BCUT2D eigenvalue weighted by Gasteiger charge is -2.03. The van der Waals surface area contributed by atoms with Gasteiger partial charge in [0.15, 0.2) is 5.78 Å². The molecule has 0 radical (unpaired) electrons. The normalized spacial score (nSPS) is 17.0. The molecular weight excluding hydrogens is 184 g/mol. The highest BCUT2D eigenvalue weighted by molar-refractivity contribution is 6.09. The van der Waals surface area contributed by atoms with Gasteiger partial charge in [-0.1, -0.05) is 18.2 Å². The Hall–Kier alpha value is -1.89. The van der Waals surface area contributed by atoms with Gasteiger partial charge in [-0.15, -0.1) is 0 Å². The van der Waals surface area contributed by atoms with Crippen molar-refractivity contribution in [1.82, 2.24) is 0 Å². The second kappa shape index (κ2) is 2.80. The molecule has 1 aromatic rings. The minimum atomic E-state index is 0.0791. The highest BCUT2D eigenvalue weighted by Gasteiger charge is 2.14. The van der Waals surface area contributed by atoms with Crippen LogP contribution in [0.25, 0.3) is 11.6 Å². The standard InChI is InChI=1S/C14H10O/c1-9-3-2-4-10-7-11-8-12(15)5-6-13(11)14(9)10/h2-8H,1H3. The van der Waals surface area contributed by atoms with Gasteiger partial charge in [-0.2, -0.15) is 0 Å². The maximum atomic E-state index is 11.2. The van der Waals surface area contributed by atoms with Crippen molar-refractivity contribution in [2.75, 3.05) is 0 Å². The Morgan fingerprint density at radius 2 is 1.93 bits per heavy atom. The SMILES string of the molecule is Cc1cccc2c1=C1C=CC(=O)C=C1C=2. The number of rotatable bonds is 0. The lowest BCUT2D eigenvalue weighted by atomic mass is 10.00. The monoisotopic (exact) mass is 194 g/mol. The molecule has 1 heteroatoms. The van der Waals surface area contributed by atoms with Crippen molar-refractivity contribution < 1.29 is 4.79 Å². The molecule has 0 unspecified atom stereocenters. The fourth-order valence-corrected chi connectivity index (χ4v) is 2.23. The van der Waals surface area contributed by atoms with E-state index in [9.17, 15) is 4.79 Å². The van der Waals surface area contributed by atoms with Crippen molar-refractivity contribution in [2.45, 2.75) is 6.92 Å². The second-order valence-electron chi connectivity index (χ2n) is 3.93. The lowest BCUT2D eigenvalue weighted by Crippen LogP contribution is -2.25. The molecule has 2 aliphatic carbocycles. The Morgan fingerprint density at radius 3 is 2.80 bits per heavy atom. The third kappa shape index (κ3) is 1.13. The highest BCUT2D eigenvalue weighted by atomic mass is 16.1. The summed E-state index contributed by atoms with van der Waals surface area (Å²) in [5.74, 6) is 0.0791. The van der Waals surface area contributed by atoms with Gasteiger partial charge in [-0.05, 0) is 58.4 Å². The summed E-state index contributed by atoms with van der Waals surface area (Å²) in [6, 6.07) is 6.24. The van der Waals surface area contributed by atoms with Crippen LogP contribution in [0.5, 0.6) is 0 Å². The molecule has 0 spiro atoms. The summed E-state index contributed by atoms with van der Waals surface area (Å²) in [5, 5.41) is 2.49. The summed E-state index contributed by atoms with van der Waals surface area (Å²) in [5.41, 5.74) is 3.50. The van der Waals surface area contributed by atoms with Crippen LogP contribution in [-0.2, 0) is 4.79 Å². The number of aryl methyl sites for hydroxylation is 1. The molecular formula is C14H10O. The molecule has 0 fully saturated rings. The fraction of sp³-hybridized carbons (Fsp3) is 0.0714. The topological polar surface area (TPSA) is 17.1 Å². The van der Waals surface area contributed by atoms with Crippen LogP contribution in [0.3, 0.4) is 0 Å². The van der Waals surface area contributed by atoms with E-state index in [0.717, 1.165) is 5.57 Å². The number of hydrogen-bond acceptors (Lipinski definition) is 1. The number of fused-ring (bicyclic) bond motifs is 2. The van der Waals surface area contributed by atoms with E-state index in [1.54, 1.807) is 12.2 Å². The zero-order valence-corrected chi connectivity index (χ0v) is 8.45. The van der Waals surface area contributed by atoms with Crippen molar-refractivity contribution in [1.29, 1.82) is 0 Å². The number of hydrogen-bond donors (Lipinski definition) is 0. The minimum absolute atomic E-state index is 0.0791. The van der Waals surface area contributed by atoms with Gasteiger partial charge in [-0.3, -0.25) is 4.79 Å². The maximum Gasteiger partial charge on any atom is 0.179 e. The zero-order chi connectivity index (χ0) is 10.4. The summed E-state index contributed by atoms with van der Waals surface area (Å²) in [6.07, 6.45) is 7.34. The summed E-state index contributed by atoms with van der Waals surface area (Å²) in [6.45, 7) is 2.10. The number of carbonyl (C=O) groups is 1. The van der Waals surface area contributed by atoms with Crippen molar-refractivity contribution in [2.24, 2.45) is 0 Å². The van der Waals surface area contributed by atoms with Gasteiger partial charge < -0.3 is 0 Å². The summed E-state index contributed by atoms with van der Waals surface area (Å²) >= 11 is 0. The van der Waals surface area contributed by atoms with Gasteiger partial charge in [0.1, 0.15) is 0 Å². The van der Waals surface area contributed by atoms with Crippen molar-refractivity contribution in [3.63, 3.8) is 0 Å². The van der Waals surface area contributed by atoms with Crippen LogP contribution in [0, 0.1) is 6.92 Å². The van der Waals surface area contributed by atoms with Crippen molar-refractivity contribution >= 4 is 17.4 Å². The van der Waals surface area contributed by atoms with Crippen LogP contribution >= 0.6 is 0 Å². The Kier molecular flexibility index (Phi) is 1.57. The van der Waals surface area contributed by atoms with Crippen molar-refractivity contribution in [3.05, 3.63) is 58.0 Å². The van der Waals surface area contributed by atoms with Gasteiger partial charge in [0, 0.05) is 0 Å². The zero-order valence-electron chi connectivity index (χ0n) is 8.45. The fourth-order valence-electron chi connectivity index (χ4n) is 2.23. The molecule has 0 saturated carbocycles. The molecule has 1 nitrogen and oxygen atoms in total. The number of carbonyl (C=O) groups excluding carboxylic acids is 1. The van der Waals surface area contributed by atoms with E-state index in [2.05, 4.69) is 31.2 Å². The van der Waals surface area contributed by atoms with E-state index in [1.807, 2.05) is 6.08 Å². The Labute approximate surface area is 87.7 Å². The second-order valence-corrected chi connectivity index (χ2v) is 3.93. The third-order valence-corrected chi connectivity index (χ3v) is 2.91. The van der Waals surface area contributed by atoms with Crippen LogP contribution < -0.4 is 10.4 Å². The first-order valence-electron chi connectivity index (χ1n) is 5.01. The summed E-state index contributed by atoms with van der Waals surface area (Å²) in [7, 11) is 0. The molecule has 3 rings (SSSR count). The van der Waals surface area contributed by atoms with E-state index in [4.69, 9.17) is 0 Å². The van der Waals surface area contributed by atoms with E-state index in [-0.39, 0.29) is 5.78 Å². The smallest absolute Gasteiger partial charge is 0.179 e. The molecule has 2 aliphatic rings. The maximum absolute atomic E-state index is 11.2. The van der Waals surface area contributed by atoms with Crippen LogP contribution in [0.2, 0.25) is 0 Å². The first-order valence-corrected chi connectivity index (χ1v) is 5.01. The molecule has 0 atom stereocenters. The molecule has 0 aliphatic heterocycles. The lowest BCUT2D eigenvalue weighted by molar-refractivity contribution is -0.110. The Morgan fingerprint density at radius 1 is 1.07 bits per heavy atom. The van der Waals surface area contributed by atoms with E-state index >= 15 is 0 Å². The van der Waals surface area contributed by atoms with Gasteiger partial charge in [0.05, 0.1) is 0 Å². The molecule has 0 N–H and O–H groups in total. The van der Waals surface area contributed by atoms with Crippen LogP contribution in [0.1, 0.15) is 5.56 Å². The molecule has 0 amide bonds. The predicted octanol–water partition coefficient (Wildman–Crippen LogP) is 1.01. The molecule has 0 saturated heterocycles. The molecule has 0 heterocycles. The Balaban J connectivity index is 2.49. The molecule has 0 bridgehead atoms. The van der Waals surface area contributed by atoms with Gasteiger partial charge in [0.2, 0.25) is 0 Å². The Bertz CT molecular complexity index is 642. The first-order chi connectivity index (χ1) is 7.25. The number of allylic oxidation sites excluding steroid dienone is 4.